The highest BCUT2D eigenvalue weighted by atomic mass is 16.4. The molecule has 0 aliphatic carbocycles. The van der Waals surface area contributed by atoms with Crippen LogP contribution in [0.5, 0.6) is 0 Å². The number of benzene rings is 5. The molecular weight excluding hydrogens is 532 g/mol. The maximum atomic E-state index is 10.3. The smallest absolute Gasteiger partial charge is 0.136 e. The van der Waals surface area contributed by atoms with Crippen molar-refractivity contribution in [3.8, 4) is 0 Å². The first-order valence-electron chi connectivity index (χ1n) is 13.9. The van der Waals surface area contributed by atoms with Crippen LogP contribution >= 0.6 is 0 Å². The number of nitrogens with zero attached hydrogens (tertiary/aromatic N) is 4. The van der Waals surface area contributed by atoms with E-state index in [9.17, 15) is 10.4 Å². The van der Waals surface area contributed by atoms with Gasteiger partial charge < -0.3 is 10.4 Å². The summed E-state index contributed by atoms with van der Waals surface area (Å²) in [6.07, 6.45) is 0. The third-order valence-corrected chi connectivity index (χ3v) is 6.99. The van der Waals surface area contributed by atoms with Gasteiger partial charge in [0, 0.05) is 22.3 Å². The predicted octanol–water partition coefficient (Wildman–Crippen LogP) is 8.61. The van der Waals surface area contributed by atoms with Gasteiger partial charge in [-0.25, -0.2) is 9.98 Å². The summed E-state index contributed by atoms with van der Waals surface area (Å²) in [4.78, 5) is 10.2. The second-order valence-corrected chi connectivity index (χ2v) is 10.3. The van der Waals surface area contributed by atoms with Crippen molar-refractivity contribution in [2.24, 2.45) is 20.3 Å². The van der Waals surface area contributed by atoms with E-state index in [1.807, 2.05) is 148 Å². The van der Waals surface area contributed by atoms with E-state index in [-0.39, 0.29) is 0 Å². The van der Waals surface area contributed by atoms with Gasteiger partial charge in [0.05, 0.1) is 11.4 Å². The van der Waals surface area contributed by atoms with Crippen molar-refractivity contribution in [3.63, 3.8) is 0 Å². The van der Waals surface area contributed by atoms with Crippen LogP contribution in [-0.4, -0.2) is 33.3 Å². The molecule has 0 aromatic heterocycles. The van der Waals surface area contributed by atoms with E-state index in [2.05, 4.69) is 10.3 Å². The second-order valence-electron chi connectivity index (χ2n) is 10.3. The number of rotatable bonds is 8. The molecule has 0 aliphatic heterocycles. The van der Waals surface area contributed by atoms with Gasteiger partial charge in [-0.2, -0.15) is 0 Å². The molecule has 0 aliphatic rings. The molecule has 0 spiro atoms. The van der Waals surface area contributed by atoms with Gasteiger partial charge in [-0.15, -0.1) is 0 Å². The maximum absolute atomic E-state index is 10.3. The molecule has 5 aromatic carbocycles. The molecular formula is C37H32N4O2. The van der Waals surface area contributed by atoms with Gasteiger partial charge in [0.25, 0.3) is 0 Å². The highest BCUT2D eigenvalue weighted by Gasteiger charge is 2.19. The fraction of sp³-hybridized carbons (Fsp3) is 0.0811. The Kier molecular flexibility index (Phi) is 8.98. The molecule has 0 unspecified atom stereocenters. The van der Waals surface area contributed by atoms with Crippen LogP contribution in [0.3, 0.4) is 0 Å². The van der Waals surface area contributed by atoms with Crippen LogP contribution in [0.4, 0.5) is 11.4 Å². The zero-order valence-corrected chi connectivity index (χ0v) is 24.3. The molecule has 6 heteroatoms. The van der Waals surface area contributed by atoms with Gasteiger partial charge in [-0.05, 0) is 38.5 Å². The van der Waals surface area contributed by atoms with E-state index < -0.39 is 0 Å². The van der Waals surface area contributed by atoms with Crippen LogP contribution in [0.1, 0.15) is 38.9 Å². The minimum absolute atomic E-state index is 0.335. The lowest BCUT2D eigenvalue weighted by Gasteiger charge is -2.13. The monoisotopic (exact) mass is 564 g/mol. The molecule has 0 saturated carbocycles. The molecule has 0 saturated heterocycles. The van der Waals surface area contributed by atoms with E-state index in [0.717, 1.165) is 38.9 Å². The summed E-state index contributed by atoms with van der Waals surface area (Å²) in [6.45, 7) is 6.00. The van der Waals surface area contributed by atoms with Crippen LogP contribution in [0, 0.1) is 20.8 Å². The Balaban J connectivity index is 1.73. The quantitative estimate of drug-likeness (QED) is 0.112. The van der Waals surface area contributed by atoms with Crippen LogP contribution in [0.2, 0.25) is 0 Å². The maximum Gasteiger partial charge on any atom is 0.136 e. The van der Waals surface area contributed by atoms with Crippen molar-refractivity contribution in [3.05, 3.63) is 166 Å². The van der Waals surface area contributed by atoms with Crippen molar-refractivity contribution >= 4 is 34.2 Å². The lowest BCUT2D eigenvalue weighted by molar-refractivity contribution is 0.320. The Labute approximate surface area is 251 Å². The topological polar surface area (TPSA) is 89.9 Å². The number of aliphatic imine (C=N–C) groups is 2. The molecule has 0 atom stereocenters. The van der Waals surface area contributed by atoms with Crippen molar-refractivity contribution < 1.29 is 10.4 Å². The molecule has 5 rings (SSSR count). The Morgan fingerprint density at radius 3 is 1.19 bits per heavy atom. The van der Waals surface area contributed by atoms with E-state index >= 15 is 0 Å². The normalized spacial score (nSPS) is 12.8. The molecule has 6 nitrogen and oxygen atoms in total. The summed E-state index contributed by atoms with van der Waals surface area (Å²) in [6, 6.07) is 40.6. The standard InChI is InChI=1S/C37H32N4O2/c1-25-14-19-30(20-15-25)36(40-42)34(28-10-6-4-7-11-28)38-32-23-18-27(3)24-33(32)39-35(29-12-8-5-9-13-29)37(41-43)31-21-16-26(2)17-22-31/h4-24,42-43H,1-3H3/b38-34?,39-35?,40-36+,41-37+. The molecule has 0 heterocycles. The molecule has 2 N–H and O–H groups in total. The van der Waals surface area contributed by atoms with Crippen LogP contribution in [-0.2, 0) is 0 Å². The summed E-state index contributed by atoms with van der Waals surface area (Å²) in [5.41, 5.74) is 8.99. The van der Waals surface area contributed by atoms with E-state index in [1.54, 1.807) is 0 Å². The Bertz CT molecular complexity index is 1820. The molecule has 0 fully saturated rings. The minimum atomic E-state index is 0.335. The fourth-order valence-electron chi connectivity index (χ4n) is 4.67. The van der Waals surface area contributed by atoms with Gasteiger partial charge in [0.1, 0.15) is 22.8 Å². The van der Waals surface area contributed by atoms with Gasteiger partial charge in [-0.3, -0.25) is 0 Å². The summed E-state index contributed by atoms with van der Waals surface area (Å²) in [7, 11) is 0. The zero-order valence-electron chi connectivity index (χ0n) is 24.3. The molecule has 0 amide bonds. The first kappa shape index (κ1) is 28.9. The average Bonchev–Trinajstić information content (AvgIpc) is 3.04. The number of aryl methyl sites for hydroxylation is 3. The number of hydrogen-bond donors (Lipinski definition) is 2. The summed E-state index contributed by atoms with van der Waals surface area (Å²) in [5.74, 6) is 0. The highest BCUT2D eigenvalue weighted by molar-refractivity contribution is 6.54. The second kappa shape index (κ2) is 13.4. The lowest BCUT2D eigenvalue weighted by atomic mass is 9.98. The fourth-order valence-corrected chi connectivity index (χ4v) is 4.67. The number of oxime groups is 2. The predicted molar refractivity (Wildman–Crippen MR) is 175 cm³/mol. The van der Waals surface area contributed by atoms with Crippen LogP contribution < -0.4 is 0 Å². The highest BCUT2D eigenvalue weighted by Crippen LogP contribution is 2.32. The van der Waals surface area contributed by atoms with Crippen LogP contribution in [0.25, 0.3) is 0 Å². The SMILES string of the molecule is Cc1ccc(/C(=N\O)C(=Nc2ccc(C)cc2N=C(/C(=N/O)c2ccc(C)cc2)c2ccccc2)c2ccccc2)cc1. The van der Waals surface area contributed by atoms with Gasteiger partial charge >= 0.3 is 0 Å². The summed E-state index contributed by atoms with van der Waals surface area (Å²) < 4.78 is 0. The molecule has 5 aromatic rings. The largest absolute Gasteiger partial charge is 0.410 e. The molecule has 43 heavy (non-hydrogen) atoms. The Morgan fingerprint density at radius 1 is 0.395 bits per heavy atom. The molecule has 212 valence electrons. The Hall–Kier alpha value is -5.62. The number of hydrogen-bond acceptors (Lipinski definition) is 6. The van der Waals surface area contributed by atoms with E-state index in [1.165, 1.54) is 0 Å². The summed E-state index contributed by atoms with van der Waals surface area (Å²) in [5, 5.41) is 27.9. The molecule has 0 bridgehead atoms. The summed E-state index contributed by atoms with van der Waals surface area (Å²) >= 11 is 0. The first-order chi connectivity index (χ1) is 21.0. The average molecular weight is 565 g/mol. The van der Waals surface area contributed by atoms with Gasteiger partial charge in [0.15, 0.2) is 0 Å². The van der Waals surface area contributed by atoms with E-state index in [4.69, 9.17) is 9.98 Å². The third kappa shape index (κ3) is 6.82. The minimum Gasteiger partial charge on any atom is -0.410 e. The van der Waals surface area contributed by atoms with Crippen LogP contribution in [0.15, 0.2) is 148 Å². The lowest BCUT2D eigenvalue weighted by Crippen LogP contribution is -2.18. The van der Waals surface area contributed by atoms with Gasteiger partial charge in [-0.1, -0.05) is 137 Å². The first-order valence-corrected chi connectivity index (χ1v) is 13.9. The third-order valence-electron chi connectivity index (χ3n) is 6.99. The zero-order chi connectivity index (χ0) is 30.2. The van der Waals surface area contributed by atoms with Crippen molar-refractivity contribution in [1.29, 1.82) is 0 Å². The van der Waals surface area contributed by atoms with Crippen molar-refractivity contribution in [1.82, 2.24) is 0 Å². The molecule has 0 radical (unpaired) electrons. The van der Waals surface area contributed by atoms with Gasteiger partial charge in [0.2, 0.25) is 0 Å². The Morgan fingerprint density at radius 2 is 0.767 bits per heavy atom. The van der Waals surface area contributed by atoms with Crippen molar-refractivity contribution in [2.45, 2.75) is 20.8 Å². The van der Waals surface area contributed by atoms with E-state index in [0.29, 0.717) is 34.2 Å². The van der Waals surface area contributed by atoms with Crippen molar-refractivity contribution in [2.75, 3.05) is 0 Å².